The third-order valence-electron chi connectivity index (χ3n) is 2.28. The monoisotopic (exact) mass is 230 g/mol. The van der Waals surface area contributed by atoms with E-state index in [0.717, 1.165) is 26.2 Å². The molecule has 0 amide bonds. The van der Waals surface area contributed by atoms with Crippen molar-refractivity contribution < 1.29 is 19.1 Å². The average molecular weight is 230 g/mol. The van der Waals surface area contributed by atoms with Crippen LogP contribution in [0.4, 0.5) is 0 Å². The minimum absolute atomic E-state index is 0.322. The summed E-state index contributed by atoms with van der Waals surface area (Å²) in [6.07, 6.45) is 0. The van der Waals surface area contributed by atoms with Gasteiger partial charge in [-0.3, -0.25) is 0 Å². The van der Waals surface area contributed by atoms with Gasteiger partial charge >= 0.3 is 0 Å². The zero-order valence-corrected chi connectivity index (χ0v) is 10.7. The standard InChI is InChI=1S/C12H23NO3/c1-4-13(5-2)8-11-16-12-15-10-7-6-9-14-3/h4-5,8-12H2,1-3H3/p+1. The zero-order chi connectivity index (χ0) is 12.1. The Morgan fingerprint density at radius 2 is 1.69 bits per heavy atom. The molecule has 0 aromatic carbocycles. The van der Waals surface area contributed by atoms with Crippen molar-refractivity contribution in [2.24, 2.45) is 0 Å². The number of hydrogen-bond donors (Lipinski definition) is 1. The zero-order valence-electron chi connectivity index (χ0n) is 10.7. The SMILES string of the molecule is CC[NH+](CC)CCOCOCC#CCOC. The summed E-state index contributed by atoms with van der Waals surface area (Å²) in [7, 11) is 1.62. The molecule has 0 heterocycles. The maximum absolute atomic E-state index is 5.33. The largest absolute Gasteiger partial charge is 0.372 e. The lowest BCUT2D eigenvalue weighted by molar-refractivity contribution is -0.896. The van der Waals surface area contributed by atoms with Gasteiger partial charge in [0.25, 0.3) is 0 Å². The van der Waals surface area contributed by atoms with Crippen LogP contribution in [-0.2, 0) is 14.2 Å². The molecular formula is C12H24NO3+. The van der Waals surface area contributed by atoms with Crippen molar-refractivity contribution in [2.75, 3.05) is 53.4 Å². The minimum Gasteiger partial charge on any atom is -0.372 e. The van der Waals surface area contributed by atoms with Gasteiger partial charge in [0.1, 0.15) is 26.6 Å². The number of quaternary nitrogens is 1. The van der Waals surface area contributed by atoms with E-state index in [1.54, 1.807) is 12.0 Å². The third-order valence-corrected chi connectivity index (χ3v) is 2.28. The number of likely N-dealkylation sites (N-methyl/N-ethyl adjacent to an activating group) is 1. The summed E-state index contributed by atoms with van der Waals surface area (Å²) in [5.41, 5.74) is 0. The van der Waals surface area contributed by atoms with Gasteiger partial charge in [0.2, 0.25) is 0 Å². The van der Waals surface area contributed by atoms with Crippen LogP contribution in [0.15, 0.2) is 0 Å². The van der Waals surface area contributed by atoms with Crippen molar-refractivity contribution >= 4 is 0 Å². The second-order valence-corrected chi connectivity index (χ2v) is 3.37. The summed E-state index contributed by atoms with van der Waals surface area (Å²) < 4.78 is 15.3. The van der Waals surface area contributed by atoms with Gasteiger partial charge in [-0.05, 0) is 13.8 Å². The summed E-state index contributed by atoms with van der Waals surface area (Å²) >= 11 is 0. The third kappa shape index (κ3) is 9.94. The first-order valence-corrected chi connectivity index (χ1v) is 5.78. The number of nitrogens with one attached hydrogen (secondary N) is 1. The Kier molecular flexibility index (Phi) is 12.0. The lowest BCUT2D eigenvalue weighted by Crippen LogP contribution is -3.11. The predicted molar refractivity (Wildman–Crippen MR) is 63.3 cm³/mol. The maximum atomic E-state index is 5.33. The predicted octanol–water partition coefficient (Wildman–Crippen LogP) is -0.448. The number of rotatable bonds is 9. The highest BCUT2D eigenvalue weighted by atomic mass is 16.7. The number of ether oxygens (including phenoxy) is 3. The molecule has 0 unspecified atom stereocenters. The van der Waals surface area contributed by atoms with E-state index in [4.69, 9.17) is 14.2 Å². The summed E-state index contributed by atoms with van der Waals surface area (Å²) in [6.45, 7) is 9.60. The topological polar surface area (TPSA) is 32.1 Å². The van der Waals surface area contributed by atoms with Crippen molar-refractivity contribution in [1.29, 1.82) is 0 Å². The van der Waals surface area contributed by atoms with E-state index in [9.17, 15) is 0 Å². The first kappa shape index (κ1) is 15.4. The molecule has 4 nitrogen and oxygen atoms in total. The highest BCUT2D eigenvalue weighted by Crippen LogP contribution is 1.76. The van der Waals surface area contributed by atoms with Crippen molar-refractivity contribution in [2.45, 2.75) is 13.8 Å². The fraction of sp³-hybridized carbons (Fsp3) is 0.833. The molecule has 0 aliphatic carbocycles. The Bertz CT molecular complexity index is 194. The number of hydrogen-bond acceptors (Lipinski definition) is 3. The molecule has 0 aromatic heterocycles. The van der Waals surface area contributed by atoms with Crippen molar-refractivity contribution in [1.82, 2.24) is 0 Å². The van der Waals surface area contributed by atoms with Gasteiger partial charge in [-0.25, -0.2) is 0 Å². The second-order valence-electron chi connectivity index (χ2n) is 3.37. The maximum Gasteiger partial charge on any atom is 0.148 e. The van der Waals surface area contributed by atoms with Crippen molar-refractivity contribution in [3.8, 4) is 11.8 Å². The molecular weight excluding hydrogens is 206 g/mol. The minimum atomic E-state index is 0.322. The number of methoxy groups -OCH3 is 1. The molecule has 4 heteroatoms. The summed E-state index contributed by atoms with van der Waals surface area (Å²) in [5.74, 6) is 5.63. The molecule has 0 aromatic rings. The van der Waals surface area contributed by atoms with Crippen LogP contribution in [0.5, 0.6) is 0 Å². The van der Waals surface area contributed by atoms with Crippen LogP contribution in [0.2, 0.25) is 0 Å². The van der Waals surface area contributed by atoms with E-state index in [1.807, 2.05) is 0 Å². The molecule has 0 fully saturated rings. The van der Waals surface area contributed by atoms with E-state index in [-0.39, 0.29) is 0 Å². The second kappa shape index (κ2) is 12.5. The first-order chi connectivity index (χ1) is 7.85. The Hall–Kier alpha value is -0.600. The Labute approximate surface area is 98.9 Å². The highest BCUT2D eigenvalue weighted by molar-refractivity contribution is 4.98. The Balaban J connectivity index is 3.19. The van der Waals surface area contributed by atoms with Crippen LogP contribution in [0.25, 0.3) is 0 Å². The molecule has 0 aliphatic rings. The quantitative estimate of drug-likeness (QED) is 0.331. The van der Waals surface area contributed by atoms with Crippen LogP contribution in [-0.4, -0.2) is 53.4 Å². The lowest BCUT2D eigenvalue weighted by atomic mass is 10.5. The molecule has 0 rings (SSSR count). The molecule has 0 bridgehead atoms. The van der Waals surface area contributed by atoms with Gasteiger partial charge in [-0.2, -0.15) is 0 Å². The van der Waals surface area contributed by atoms with Gasteiger partial charge < -0.3 is 19.1 Å². The highest BCUT2D eigenvalue weighted by Gasteiger charge is 2.00. The van der Waals surface area contributed by atoms with Gasteiger partial charge in [-0.15, -0.1) is 0 Å². The molecule has 0 atom stereocenters. The molecule has 0 radical (unpaired) electrons. The summed E-state index contributed by atoms with van der Waals surface area (Å²) in [4.78, 5) is 1.54. The van der Waals surface area contributed by atoms with Gasteiger partial charge in [0, 0.05) is 7.11 Å². The van der Waals surface area contributed by atoms with Crippen LogP contribution >= 0.6 is 0 Å². The van der Waals surface area contributed by atoms with Crippen LogP contribution in [0.3, 0.4) is 0 Å². The van der Waals surface area contributed by atoms with E-state index in [1.165, 1.54) is 0 Å². The van der Waals surface area contributed by atoms with Crippen LogP contribution in [0.1, 0.15) is 13.8 Å². The molecule has 0 aliphatic heterocycles. The molecule has 0 saturated carbocycles. The average Bonchev–Trinajstić information content (AvgIpc) is 2.32. The van der Waals surface area contributed by atoms with Crippen LogP contribution < -0.4 is 4.90 Å². The van der Waals surface area contributed by atoms with Crippen LogP contribution in [0, 0.1) is 11.8 Å². The molecule has 0 spiro atoms. The Morgan fingerprint density at radius 1 is 1.00 bits per heavy atom. The van der Waals surface area contributed by atoms with Crippen molar-refractivity contribution in [3.05, 3.63) is 0 Å². The fourth-order valence-corrected chi connectivity index (χ4v) is 1.20. The first-order valence-electron chi connectivity index (χ1n) is 5.78. The summed E-state index contributed by atoms with van der Waals surface area (Å²) in [5, 5.41) is 0. The van der Waals surface area contributed by atoms with E-state index < -0.39 is 0 Å². The fourth-order valence-electron chi connectivity index (χ4n) is 1.20. The van der Waals surface area contributed by atoms with Gasteiger partial charge in [0.15, 0.2) is 0 Å². The smallest absolute Gasteiger partial charge is 0.148 e. The van der Waals surface area contributed by atoms with Gasteiger partial charge in [0.05, 0.1) is 19.7 Å². The molecule has 0 saturated heterocycles. The van der Waals surface area contributed by atoms with Gasteiger partial charge in [-0.1, -0.05) is 11.8 Å². The van der Waals surface area contributed by atoms with E-state index in [2.05, 4.69) is 25.7 Å². The van der Waals surface area contributed by atoms with E-state index in [0.29, 0.717) is 20.0 Å². The lowest BCUT2D eigenvalue weighted by Gasteiger charge is -2.14. The normalized spacial score (nSPS) is 10.2. The molecule has 1 N–H and O–H groups in total. The summed E-state index contributed by atoms with van der Waals surface area (Å²) in [6, 6.07) is 0. The molecule has 16 heavy (non-hydrogen) atoms. The van der Waals surface area contributed by atoms with E-state index >= 15 is 0 Å². The Morgan fingerprint density at radius 3 is 2.31 bits per heavy atom. The molecule has 94 valence electrons. The van der Waals surface area contributed by atoms with Crippen molar-refractivity contribution in [3.63, 3.8) is 0 Å².